The van der Waals surface area contributed by atoms with Crippen LogP contribution in [0.3, 0.4) is 0 Å². The number of esters is 1. The number of rotatable bonds is 5. The van der Waals surface area contributed by atoms with Gasteiger partial charge in [0.15, 0.2) is 0 Å². The standard InChI is InChI=1S/C13H14FN3O3/c1-8(18)19-11(7-14)13-17-16-12(20-13)9-5-3-4-6-10(9)15-2/h3-6,11,15H,7H2,1-2H3. The number of alkyl halides is 1. The fourth-order valence-corrected chi connectivity index (χ4v) is 1.71. The van der Waals surface area contributed by atoms with E-state index in [1.54, 1.807) is 13.1 Å². The summed E-state index contributed by atoms with van der Waals surface area (Å²) in [5, 5.41) is 10.6. The lowest BCUT2D eigenvalue weighted by atomic mass is 10.2. The van der Waals surface area contributed by atoms with Gasteiger partial charge >= 0.3 is 5.97 Å². The lowest BCUT2D eigenvalue weighted by molar-refractivity contribution is -0.148. The molecule has 1 atom stereocenters. The highest BCUT2D eigenvalue weighted by Gasteiger charge is 2.22. The van der Waals surface area contributed by atoms with Gasteiger partial charge in [-0.25, -0.2) is 4.39 Å². The third-order valence-electron chi connectivity index (χ3n) is 2.59. The normalized spacial score (nSPS) is 11.9. The fraction of sp³-hybridized carbons (Fsp3) is 0.308. The van der Waals surface area contributed by atoms with Crippen molar-refractivity contribution in [3.63, 3.8) is 0 Å². The topological polar surface area (TPSA) is 77.3 Å². The second-order valence-corrected chi connectivity index (χ2v) is 3.99. The molecule has 0 fully saturated rings. The first-order valence-electron chi connectivity index (χ1n) is 5.99. The third kappa shape index (κ3) is 2.93. The molecule has 1 aromatic heterocycles. The summed E-state index contributed by atoms with van der Waals surface area (Å²) in [7, 11) is 1.76. The Kier molecular flexibility index (Phi) is 4.29. The van der Waals surface area contributed by atoms with Gasteiger partial charge in [0.25, 0.3) is 5.89 Å². The van der Waals surface area contributed by atoms with Gasteiger partial charge in [0.2, 0.25) is 12.0 Å². The van der Waals surface area contributed by atoms with Crippen LogP contribution >= 0.6 is 0 Å². The molecule has 2 aromatic rings. The molecule has 1 aromatic carbocycles. The minimum Gasteiger partial charge on any atom is -0.450 e. The average molecular weight is 279 g/mol. The molecule has 20 heavy (non-hydrogen) atoms. The van der Waals surface area contributed by atoms with E-state index in [-0.39, 0.29) is 11.8 Å². The summed E-state index contributed by atoms with van der Waals surface area (Å²) in [6.45, 7) is 0.269. The van der Waals surface area contributed by atoms with Crippen molar-refractivity contribution < 1.29 is 18.3 Å². The number of nitrogens with one attached hydrogen (secondary N) is 1. The summed E-state index contributed by atoms with van der Waals surface area (Å²) >= 11 is 0. The molecule has 1 heterocycles. The average Bonchev–Trinajstić information content (AvgIpc) is 2.94. The zero-order valence-corrected chi connectivity index (χ0v) is 11.1. The van der Waals surface area contributed by atoms with E-state index in [2.05, 4.69) is 15.5 Å². The molecule has 0 aliphatic rings. The maximum Gasteiger partial charge on any atom is 0.303 e. The fourth-order valence-electron chi connectivity index (χ4n) is 1.71. The monoisotopic (exact) mass is 279 g/mol. The maximum atomic E-state index is 12.8. The quantitative estimate of drug-likeness (QED) is 0.846. The molecule has 0 aliphatic heterocycles. The van der Waals surface area contributed by atoms with Crippen LogP contribution in [0, 0.1) is 0 Å². The molecule has 0 spiro atoms. The Hall–Kier alpha value is -2.44. The lowest BCUT2D eigenvalue weighted by Crippen LogP contribution is -2.10. The van der Waals surface area contributed by atoms with Gasteiger partial charge in [-0.05, 0) is 12.1 Å². The highest BCUT2D eigenvalue weighted by molar-refractivity contribution is 5.72. The van der Waals surface area contributed by atoms with Crippen molar-refractivity contribution in [2.75, 3.05) is 19.0 Å². The Bertz CT molecular complexity index is 600. The van der Waals surface area contributed by atoms with Gasteiger partial charge < -0.3 is 14.5 Å². The summed E-state index contributed by atoms with van der Waals surface area (Å²) < 4.78 is 23.0. The van der Waals surface area contributed by atoms with Gasteiger partial charge in [-0.3, -0.25) is 4.79 Å². The van der Waals surface area contributed by atoms with E-state index in [1.165, 1.54) is 6.92 Å². The molecule has 0 bridgehead atoms. The summed E-state index contributed by atoms with van der Waals surface area (Å²) in [6, 6.07) is 7.31. The van der Waals surface area contributed by atoms with Gasteiger partial charge in [0.1, 0.15) is 6.67 Å². The van der Waals surface area contributed by atoms with Crippen molar-refractivity contribution in [1.82, 2.24) is 10.2 Å². The van der Waals surface area contributed by atoms with Crippen molar-refractivity contribution in [3.05, 3.63) is 30.2 Å². The van der Waals surface area contributed by atoms with E-state index in [9.17, 15) is 9.18 Å². The highest BCUT2D eigenvalue weighted by atomic mass is 19.1. The molecule has 1 unspecified atom stereocenters. The largest absolute Gasteiger partial charge is 0.450 e. The Morgan fingerprint density at radius 2 is 2.20 bits per heavy atom. The predicted octanol–water partition coefficient (Wildman–Crippen LogP) is 2.35. The zero-order valence-electron chi connectivity index (χ0n) is 11.1. The summed E-state index contributed by atoms with van der Waals surface area (Å²) in [5.41, 5.74) is 1.49. The van der Waals surface area contributed by atoms with Crippen LogP contribution in [0.25, 0.3) is 11.5 Å². The Labute approximate surface area is 115 Å². The van der Waals surface area contributed by atoms with Crippen LogP contribution in [0.2, 0.25) is 0 Å². The second kappa shape index (κ2) is 6.14. The van der Waals surface area contributed by atoms with Crippen LogP contribution < -0.4 is 5.32 Å². The first-order chi connectivity index (χ1) is 9.65. The van der Waals surface area contributed by atoms with Crippen LogP contribution in [-0.2, 0) is 9.53 Å². The molecule has 6 nitrogen and oxygen atoms in total. The van der Waals surface area contributed by atoms with Crippen LogP contribution in [-0.4, -0.2) is 29.9 Å². The molecule has 0 saturated heterocycles. The molecule has 0 saturated carbocycles. The highest BCUT2D eigenvalue weighted by Crippen LogP contribution is 2.28. The van der Waals surface area contributed by atoms with Crippen molar-refractivity contribution in [2.24, 2.45) is 0 Å². The number of anilines is 1. The van der Waals surface area contributed by atoms with E-state index in [1.807, 2.05) is 18.2 Å². The van der Waals surface area contributed by atoms with E-state index in [4.69, 9.17) is 9.15 Å². The number of ether oxygens (including phenoxy) is 1. The van der Waals surface area contributed by atoms with Crippen molar-refractivity contribution in [3.8, 4) is 11.5 Å². The molecule has 0 amide bonds. The van der Waals surface area contributed by atoms with E-state index < -0.39 is 18.7 Å². The molecular formula is C13H14FN3O3. The second-order valence-electron chi connectivity index (χ2n) is 3.99. The van der Waals surface area contributed by atoms with Gasteiger partial charge in [-0.1, -0.05) is 12.1 Å². The van der Waals surface area contributed by atoms with Crippen LogP contribution in [0.15, 0.2) is 28.7 Å². The number of carbonyl (C=O) groups excluding carboxylic acids is 1. The lowest BCUT2D eigenvalue weighted by Gasteiger charge is -2.08. The number of carbonyl (C=O) groups is 1. The summed E-state index contributed by atoms with van der Waals surface area (Å²) in [5.74, 6) is -0.442. The molecule has 1 N–H and O–H groups in total. The summed E-state index contributed by atoms with van der Waals surface area (Å²) in [4.78, 5) is 10.9. The number of halogens is 1. The van der Waals surface area contributed by atoms with Crippen LogP contribution in [0.1, 0.15) is 18.9 Å². The number of benzene rings is 1. The minimum atomic E-state index is -1.17. The Balaban J connectivity index is 2.30. The van der Waals surface area contributed by atoms with Gasteiger partial charge in [0.05, 0.1) is 5.56 Å². The molecule has 106 valence electrons. The van der Waals surface area contributed by atoms with E-state index >= 15 is 0 Å². The first-order valence-corrected chi connectivity index (χ1v) is 5.99. The number of hydrogen-bond donors (Lipinski definition) is 1. The smallest absolute Gasteiger partial charge is 0.303 e. The Morgan fingerprint density at radius 3 is 2.85 bits per heavy atom. The molecular weight excluding hydrogens is 265 g/mol. The number of para-hydroxylation sites is 1. The minimum absolute atomic E-state index is 0.0661. The molecule has 2 rings (SSSR count). The van der Waals surface area contributed by atoms with Crippen molar-refractivity contribution in [1.29, 1.82) is 0 Å². The van der Waals surface area contributed by atoms with Crippen molar-refractivity contribution in [2.45, 2.75) is 13.0 Å². The third-order valence-corrected chi connectivity index (χ3v) is 2.59. The summed E-state index contributed by atoms with van der Waals surface area (Å²) in [6.07, 6.45) is -1.17. The van der Waals surface area contributed by atoms with Crippen LogP contribution in [0.4, 0.5) is 10.1 Å². The predicted molar refractivity (Wildman–Crippen MR) is 69.8 cm³/mol. The number of hydrogen-bond acceptors (Lipinski definition) is 6. The molecule has 0 aliphatic carbocycles. The Morgan fingerprint density at radius 1 is 1.45 bits per heavy atom. The van der Waals surface area contributed by atoms with E-state index in [0.717, 1.165) is 5.69 Å². The van der Waals surface area contributed by atoms with Gasteiger partial charge in [-0.2, -0.15) is 0 Å². The SMILES string of the molecule is CNc1ccccc1-c1nnc(C(CF)OC(C)=O)o1. The zero-order chi connectivity index (χ0) is 14.5. The van der Waals surface area contributed by atoms with Gasteiger partial charge in [-0.15, -0.1) is 10.2 Å². The number of nitrogens with zero attached hydrogens (tertiary/aromatic N) is 2. The van der Waals surface area contributed by atoms with E-state index in [0.29, 0.717) is 5.56 Å². The van der Waals surface area contributed by atoms with Crippen LogP contribution in [0.5, 0.6) is 0 Å². The van der Waals surface area contributed by atoms with Crippen molar-refractivity contribution >= 4 is 11.7 Å². The maximum absolute atomic E-state index is 12.8. The molecule has 0 radical (unpaired) electrons. The van der Waals surface area contributed by atoms with Gasteiger partial charge in [0, 0.05) is 19.7 Å². The number of aromatic nitrogens is 2. The first kappa shape index (κ1) is 14.0. The molecule has 7 heteroatoms.